The van der Waals surface area contributed by atoms with E-state index in [1.807, 2.05) is 13.8 Å². The Labute approximate surface area is 123 Å². The first-order valence-electron chi connectivity index (χ1n) is 5.92. The number of nitrogens with zero attached hydrogens (tertiary/aromatic N) is 2. The van der Waals surface area contributed by atoms with Crippen molar-refractivity contribution in [2.24, 2.45) is 0 Å². The zero-order valence-corrected chi connectivity index (χ0v) is 12.9. The lowest BCUT2D eigenvalue weighted by Crippen LogP contribution is -2.30. The molecule has 0 unspecified atom stereocenters. The highest BCUT2D eigenvalue weighted by Crippen LogP contribution is 2.24. The summed E-state index contributed by atoms with van der Waals surface area (Å²) in [7, 11) is 1.60. The molecule has 6 nitrogen and oxygen atoms in total. The van der Waals surface area contributed by atoms with Crippen LogP contribution >= 0.6 is 15.9 Å². The number of ether oxygens (including phenoxy) is 1. The van der Waals surface area contributed by atoms with Gasteiger partial charge in [0.05, 0.1) is 23.8 Å². The van der Waals surface area contributed by atoms with Gasteiger partial charge in [0.15, 0.2) is 0 Å². The van der Waals surface area contributed by atoms with Crippen molar-refractivity contribution in [1.82, 2.24) is 14.5 Å². The van der Waals surface area contributed by atoms with Crippen LogP contribution in [0.5, 0.6) is 5.75 Å². The summed E-state index contributed by atoms with van der Waals surface area (Å²) in [6.07, 6.45) is 3.15. The molecule has 0 amide bonds. The third-order valence-electron chi connectivity index (χ3n) is 3.04. The number of H-pyrrole nitrogens is 1. The number of pyridine rings is 1. The second kappa shape index (κ2) is 5.62. The maximum atomic E-state index is 11.8. The van der Waals surface area contributed by atoms with Crippen LogP contribution in [0.25, 0.3) is 0 Å². The molecule has 0 spiro atoms. The van der Waals surface area contributed by atoms with Gasteiger partial charge in [-0.3, -0.25) is 19.3 Å². The van der Waals surface area contributed by atoms with Crippen LogP contribution in [0.4, 0.5) is 0 Å². The number of methoxy groups -OCH3 is 1. The van der Waals surface area contributed by atoms with Gasteiger partial charge in [0.1, 0.15) is 5.75 Å². The minimum atomic E-state index is -0.473. The van der Waals surface area contributed by atoms with Gasteiger partial charge in [-0.05, 0) is 29.8 Å². The van der Waals surface area contributed by atoms with E-state index >= 15 is 0 Å². The fraction of sp³-hybridized carbons (Fsp3) is 0.308. The third-order valence-corrected chi connectivity index (χ3v) is 3.60. The number of aromatic amines is 1. The number of aromatic nitrogens is 3. The average molecular weight is 340 g/mol. The van der Waals surface area contributed by atoms with Crippen LogP contribution in [0, 0.1) is 13.8 Å². The molecule has 106 valence electrons. The summed E-state index contributed by atoms with van der Waals surface area (Å²) in [5.41, 5.74) is 1.61. The first kappa shape index (κ1) is 14.5. The van der Waals surface area contributed by atoms with Crippen molar-refractivity contribution in [2.45, 2.75) is 20.4 Å². The molecule has 2 aromatic heterocycles. The molecule has 2 aromatic rings. The molecular formula is C13H14BrN3O3. The Hall–Kier alpha value is -1.89. The van der Waals surface area contributed by atoms with Gasteiger partial charge in [-0.15, -0.1) is 0 Å². The molecule has 0 atom stereocenters. The molecule has 0 saturated heterocycles. The van der Waals surface area contributed by atoms with Crippen LogP contribution in [0.2, 0.25) is 0 Å². The van der Waals surface area contributed by atoms with Crippen molar-refractivity contribution >= 4 is 15.9 Å². The summed E-state index contributed by atoms with van der Waals surface area (Å²) < 4.78 is 7.02. The van der Waals surface area contributed by atoms with Crippen LogP contribution in [-0.2, 0) is 6.54 Å². The number of nitrogens with one attached hydrogen (secondary N) is 1. The minimum absolute atomic E-state index is 0.261. The smallest absolute Gasteiger partial charge is 0.328 e. The minimum Gasteiger partial charge on any atom is -0.496 e. The Kier molecular flexibility index (Phi) is 4.08. The van der Waals surface area contributed by atoms with Gasteiger partial charge in [0, 0.05) is 23.5 Å². The molecule has 0 radical (unpaired) electrons. The summed E-state index contributed by atoms with van der Waals surface area (Å²) in [6, 6.07) is 0. The lowest BCUT2D eigenvalue weighted by atomic mass is 10.1. The normalized spacial score (nSPS) is 10.6. The summed E-state index contributed by atoms with van der Waals surface area (Å²) in [4.78, 5) is 29.6. The molecular weight excluding hydrogens is 326 g/mol. The second-order valence-electron chi connectivity index (χ2n) is 4.41. The molecule has 0 bridgehead atoms. The Morgan fingerprint density at radius 1 is 1.40 bits per heavy atom. The van der Waals surface area contributed by atoms with E-state index in [2.05, 4.69) is 25.9 Å². The molecule has 2 rings (SSSR count). The van der Waals surface area contributed by atoms with E-state index in [1.165, 1.54) is 10.8 Å². The second-order valence-corrected chi connectivity index (χ2v) is 5.26. The maximum absolute atomic E-state index is 11.8. The lowest BCUT2D eigenvalue weighted by Gasteiger charge is -2.13. The van der Waals surface area contributed by atoms with E-state index in [9.17, 15) is 9.59 Å². The summed E-state index contributed by atoms with van der Waals surface area (Å²) in [6.45, 7) is 4.06. The molecule has 20 heavy (non-hydrogen) atoms. The molecule has 0 aliphatic carbocycles. The van der Waals surface area contributed by atoms with Crippen LogP contribution in [-0.4, -0.2) is 21.6 Å². The third kappa shape index (κ3) is 2.67. The van der Waals surface area contributed by atoms with Crippen molar-refractivity contribution in [3.8, 4) is 5.75 Å². The number of hydrogen-bond acceptors (Lipinski definition) is 4. The largest absolute Gasteiger partial charge is 0.496 e. The Balaban J connectivity index is 2.48. The molecule has 7 heteroatoms. The van der Waals surface area contributed by atoms with E-state index in [1.54, 1.807) is 13.3 Å². The Morgan fingerprint density at radius 2 is 2.10 bits per heavy atom. The summed E-state index contributed by atoms with van der Waals surface area (Å²) in [5.74, 6) is 0.756. The van der Waals surface area contributed by atoms with E-state index in [0.717, 1.165) is 16.9 Å². The first-order chi connectivity index (χ1) is 9.43. The van der Waals surface area contributed by atoms with E-state index in [0.29, 0.717) is 10.2 Å². The highest BCUT2D eigenvalue weighted by Gasteiger charge is 2.11. The van der Waals surface area contributed by atoms with Crippen LogP contribution in [0.15, 0.2) is 26.5 Å². The Bertz CT molecular complexity index is 764. The number of aryl methyl sites for hydroxylation is 1. The maximum Gasteiger partial charge on any atom is 0.328 e. The number of hydrogen-bond donors (Lipinski definition) is 1. The molecule has 2 heterocycles. The monoisotopic (exact) mass is 339 g/mol. The van der Waals surface area contributed by atoms with Crippen molar-refractivity contribution in [2.75, 3.05) is 7.11 Å². The number of rotatable bonds is 3. The molecule has 0 aliphatic rings. The van der Waals surface area contributed by atoms with E-state index in [-0.39, 0.29) is 6.54 Å². The first-order valence-corrected chi connectivity index (χ1v) is 6.71. The van der Waals surface area contributed by atoms with Crippen molar-refractivity contribution < 1.29 is 4.74 Å². The van der Waals surface area contributed by atoms with Crippen molar-refractivity contribution in [1.29, 1.82) is 0 Å². The van der Waals surface area contributed by atoms with Gasteiger partial charge in [-0.1, -0.05) is 0 Å². The molecule has 0 fully saturated rings. The molecule has 0 aliphatic heterocycles. The summed E-state index contributed by atoms with van der Waals surface area (Å²) >= 11 is 3.10. The quantitative estimate of drug-likeness (QED) is 0.916. The predicted molar refractivity (Wildman–Crippen MR) is 78.4 cm³/mol. The van der Waals surface area contributed by atoms with Crippen molar-refractivity contribution in [3.63, 3.8) is 0 Å². The fourth-order valence-corrected chi connectivity index (χ4v) is 2.34. The van der Waals surface area contributed by atoms with Gasteiger partial charge >= 0.3 is 5.69 Å². The Morgan fingerprint density at radius 3 is 2.75 bits per heavy atom. The zero-order valence-electron chi connectivity index (χ0n) is 11.4. The molecule has 1 N–H and O–H groups in total. The zero-order chi connectivity index (χ0) is 14.9. The fourth-order valence-electron chi connectivity index (χ4n) is 1.99. The van der Waals surface area contributed by atoms with Gasteiger partial charge in [-0.2, -0.15) is 0 Å². The van der Waals surface area contributed by atoms with E-state index in [4.69, 9.17) is 4.74 Å². The number of halogens is 1. The lowest BCUT2D eigenvalue weighted by molar-refractivity contribution is 0.406. The topological polar surface area (TPSA) is 77.0 Å². The predicted octanol–water partition coefficient (Wildman–Crippen LogP) is 1.37. The van der Waals surface area contributed by atoms with Gasteiger partial charge in [0.25, 0.3) is 5.56 Å². The van der Waals surface area contributed by atoms with Gasteiger partial charge < -0.3 is 4.74 Å². The highest BCUT2D eigenvalue weighted by molar-refractivity contribution is 9.10. The molecule has 0 saturated carbocycles. The van der Waals surface area contributed by atoms with Gasteiger partial charge in [-0.25, -0.2) is 4.79 Å². The van der Waals surface area contributed by atoms with Crippen LogP contribution in [0.3, 0.4) is 0 Å². The summed E-state index contributed by atoms with van der Waals surface area (Å²) in [5, 5.41) is 0. The standard InChI is InChI=1S/C13H14BrN3O3/c1-7-4-15-10(8(2)11(7)20-3)6-17-5-9(14)12(18)16-13(17)19/h4-5H,6H2,1-3H3,(H,16,18,19). The average Bonchev–Trinajstić information content (AvgIpc) is 2.39. The van der Waals surface area contributed by atoms with Crippen molar-refractivity contribution in [3.05, 3.63) is 54.5 Å². The SMILES string of the molecule is COc1c(C)cnc(Cn2cc(Br)c(=O)[nH]c2=O)c1C. The van der Waals surface area contributed by atoms with Crippen LogP contribution < -0.4 is 16.0 Å². The molecule has 0 aromatic carbocycles. The van der Waals surface area contributed by atoms with Gasteiger partial charge in [0.2, 0.25) is 0 Å². The van der Waals surface area contributed by atoms with Crippen LogP contribution in [0.1, 0.15) is 16.8 Å². The highest BCUT2D eigenvalue weighted by atomic mass is 79.9. The van der Waals surface area contributed by atoms with E-state index < -0.39 is 11.2 Å².